The molecule has 0 radical (unpaired) electrons. The molecule has 140 valence electrons. The standard InChI is InChI=1S/C19H16Cl2N2O4/c1-22(9-11-4-3-5-12(6-11)27-2)17(24)10-23-18(25)13-7-15(20)16(21)8-14(13)19(23)26/h3-8H,9-10H2,1-2H3. The lowest BCUT2D eigenvalue weighted by molar-refractivity contribution is -0.130. The third-order valence-corrected chi connectivity index (χ3v) is 5.01. The van der Waals surface area contributed by atoms with Crippen molar-refractivity contribution in [2.45, 2.75) is 6.54 Å². The number of benzene rings is 2. The fraction of sp³-hybridized carbons (Fsp3) is 0.211. The number of nitrogens with zero attached hydrogens (tertiary/aromatic N) is 2. The smallest absolute Gasteiger partial charge is 0.262 e. The van der Waals surface area contributed by atoms with Gasteiger partial charge in [0.05, 0.1) is 28.3 Å². The number of carbonyl (C=O) groups is 3. The lowest BCUT2D eigenvalue weighted by atomic mass is 10.1. The molecule has 1 heterocycles. The number of fused-ring (bicyclic) bond motifs is 1. The molecule has 27 heavy (non-hydrogen) atoms. The van der Waals surface area contributed by atoms with Gasteiger partial charge in [0.1, 0.15) is 12.3 Å². The molecule has 2 aromatic carbocycles. The second-order valence-corrected chi connectivity index (χ2v) is 6.92. The van der Waals surface area contributed by atoms with Crippen molar-refractivity contribution in [3.63, 3.8) is 0 Å². The van der Waals surface area contributed by atoms with Gasteiger partial charge in [0, 0.05) is 13.6 Å². The first-order chi connectivity index (χ1) is 12.8. The zero-order valence-corrected chi connectivity index (χ0v) is 16.2. The van der Waals surface area contributed by atoms with Crippen LogP contribution in [0.4, 0.5) is 0 Å². The van der Waals surface area contributed by atoms with E-state index in [4.69, 9.17) is 27.9 Å². The van der Waals surface area contributed by atoms with E-state index in [-0.39, 0.29) is 33.6 Å². The average Bonchev–Trinajstić information content (AvgIpc) is 2.86. The van der Waals surface area contributed by atoms with Crippen LogP contribution in [0.2, 0.25) is 10.0 Å². The van der Waals surface area contributed by atoms with Crippen molar-refractivity contribution in [2.75, 3.05) is 20.7 Å². The van der Waals surface area contributed by atoms with Crippen molar-refractivity contribution in [1.82, 2.24) is 9.80 Å². The number of ether oxygens (including phenoxy) is 1. The molecule has 2 aromatic rings. The Hall–Kier alpha value is -2.57. The van der Waals surface area contributed by atoms with Crippen molar-refractivity contribution < 1.29 is 19.1 Å². The molecular formula is C19H16Cl2N2O4. The highest BCUT2D eigenvalue weighted by Crippen LogP contribution is 2.31. The van der Waals surface area contributed by atoms with E-state index in [1.54, 1.807) is 20.2 Å². The van der Waals surface area contributed by atoms with E-state index < -0.39 is 11.8 Å². The maximum absolute atomic E-state index is 12.5. The summed E-state index contributed by atoms with van der Waals surface area (Å²) in [6, 6.07) is 10.0. The first-order valence-corrected chi connectivity index (χ1v) is 8.79. The quantitative estimate of drug-likeness (QED) is 0.714. The highest BCUT2D eigenvalue weighted by molar-refractivity contribution is 6.43. The zero-order valence-electron chi connectivity index (χ0n) is 14.7. The fourth-order valence-corrected chi connectivity index (χ4v) is 3.14. The Morgan fingerprint density at radius 3 is 2.22 bits per heavy atom. The zero-order chi connectivity index (χ0) is 19.7. The summed E-state index contributed by atoms with van der Waals surface area (Å²) in [5.74, 6) is -0.805. The number of rotatable bonds is 5. The lowest BCUT2D eigenvalue weighted by Gasteiger charge is -2.21. The van der Waals surface area contributed by atoms with Gasteiger partial charge < -0.3 is 9.64 Å². The topological polar surface area (TPSA) is 66.9 Å². The summed E-state index contributed by atoms with van der Waals surface area (Å²) in [5, 5.41) is 0.361. The number of amides is 3. The first-order valence-electron chi connectivity index (χ1n) is 8.04. The molecule has 8 heteroatoms. The molecule has 3 amide bonds. The highest BCUT2D eigenvalue weighted by Gasteiger charge is 2.37. The normalized spacial score (nSPS) is 13.0. The molecule has 1 aliphatic rings. The molecule has 0 fully saturated rings. The van der Waals surface area contributed by atoms with Crippen LogP contribution in [0.25, 0.3) is 0 Å². The average molecular weight is 407 g/mol. The van der Waals surface area contributed by atoms with Crippen LogP contribution in [0.3, 0.4) is 0 Å². The summed E-state index contributed by atoms with van der Waals surface area (Å²) in [6.45, 7) is -0.0427. The van der Waals surface area contributed by atoms with E-state index in [9.17, 15) is 14.4 Å². The number of hydrogen-bond donors (Lipinski definition) is 0. The molecule has 0 saturated heterocycles. The Labute approximate surface area is 166 Å². The van der Waals surface area contributed by atoms with Crippen LogP contribution in [-0.4, -0.2) is 48.2 Å². The van der Waals surface area contributed by atoms with Gasteiger partial charge >= 0.3 is 0 Å². The molecule has 0 bridgehead atoms. The molecule has 6 nitrogen and oxygen atoms in total. The van der Waals surface area contributed by atoms with Gasteiger partial charge in [-0.25, -0.2) is 0 Å². The van der Waals surface area contributed by atoms with Gasteiger partial charge in [-0.15, -0.1) is 0 Å². The summed E-state index contributed by atoms with van der Waals surface area (Å²) in [4.78, 5) is 39.9. The number of imide groups is 1. The third-order valence-electron chi connectivity index (χ3n) is 4.28. The molecule has 0 aromatic heterocycles. The molecule has 0 unspecified atom stereocenters. The molecule has 3 rings (SSSR count). The van der Waals surface area contributed by atoms with Crippen LogP contribution in [0.15, 0.2) is 36.4 Å². The molecule has 0 N–H and O–H groups in total. The highest BCUT2D eigenvalue weighted by atomic mass is 35.5. The number of hydrogen-bond acceptors (Lipinski definition) is 4. The van der Waals surface area contributed by atoms with E-state index in [0.717, 1.165) is 10.5 Å². The maximum Gasteiger partial charge on any atom is 0.262 e. The van der Waals surface area contributed by atoms with E-state index in [0.29, 0.717) is 12.3 Å². The monoisotopic (exact) mass is 406 g/mol. The summed E-state index contributed by atoms with van der Waals surface area (Å²) < 4.78 is 5.17. The predicted molar refractivity (Wildman–Crippen MR) is 101 cm³/mol. The maximum atomic E-state index is 12.5. The third kappa shape index (κ3) is 3.77. The van der Waals surface area contributed by atoms with Gasteiger partial charge in [0.25, 0.3) is 11.8 Å². The number of likely N-dealkylation sites (N-methyl/N-ethyl adjacent to an activating group) is 1. The summed E-state index contributed by atoms with van der Waals surface area (Å²) >= 11 is 11.8. The van der Waals surface area contributed by atoms with E-state index in [1.807, 2.05) is 18.2 Å². The molecule has 1 aliphatic heterocycles. The van der Waals surface area contributed by atoms with Crippen molar-refractivity contribution in [3.8, 4) is 5.75 Å². The van der Waals surface area contributed by atoms with Crippen molar-refractivity contribution in [2.24, 2.45) is 0 Å². The Balaban J connectivity index is 1.72. The van der Waals surface area contributed by atoms with Crippen molar-refractivity contribution in [3.05, 3.63) is 63.1 Å². The largest absolute Gasteiger partial charge is 0.497 e. The second-order valence-electron chi connectivity index (χ2n) is 6.11. The molecule has 0 atom stereocenters. The van der Waals surface area contributed by atoms with Crippen molar-refractivity contribution in [1.29, 1.82) is 0 Å². The van der Waals surface area contributed by atoms with Crippen LogP contribution in [0, 0.1) is 0 Å². The molecule has 0 saturated carbocycles. The second kappa shape index (κ2) is 7.58. The summed E-state index contributed by atoms with van der Waals surface area (Å²) in [6.07, 6.45) is 0. The minimum atomic E-state index is -0.559. The molecule has 0 aliphatic carbocycles. The Bertz CT molecular complexity index is 904. The Morgan fingerprint density at radius 1 is 1.07 bits per heavy atom. The van der Waals surface area contributed by atoms with Gasteiger partial charge in [-0.05, 0) is 29.8 Å². The van der Waals surface area contributed by atoms with E-state index in [1.165, 1.54) is 17.0 Å². The SMILES string of the molecule is COc1cccc(CN(C)C(=O)CN2C(=O)c3cc(Cl)c(Cl)cc3C2=O)c1. The number of methoxy groups -OCH3 is 1. The van der Waals surface area contributed by atoms with Gasteiger partial charge in [-0.3, -0.25) is 19.3 Å². The van der Waals surface area contributed by atoms with Crippen LogP contribution < -0.4 is 4.74 Å². The Kier molecular flexibility index (Phi) is 5.39. The van der Waals surface area contributed by atoms with Crippen LogP contribution in [-0.2, 0) is 11.3 Å². The van der Waals surface area contributed by atoms with Gasteiger partial charge in [-0.2, -0.15) is 0 Å². The predicted octanol–water partition coefficient (Wildman–Crippen LogP) is 3.26. The van der Waals surface area contributed by atoms with Gasteiger partial charge in [0.15, 0.2) is 0 Å². The number of carbonyl (C=O) groups excluding carboxylic acids is 3. The van der Waals surface area contributed by atoms with Crippen LogP contribution >= 0.6 is 23.2 Å². The molecular weight excluding hydrogens is 391 g/mol. The van der Waals surface area contributed by atoms with Gasteiger partial charge in [-0.1, -0.05) is 35.3 Å². The first kappa shape index (κ1) is 19.2. The summed E-state index contributed by atoms with van der Waals surface area (Å²) in [5.41, 5.74) is 1.17. The number of halogens is 2. The van der Waals surface area contributed by atoms with E-state index in [2.05, 4.69) is 0 Å². The minimum absolute atomic E-state index is 0.151. The lowest BCUT2D eigenvalue weighted by Crippen LogP contribution is -2.40. The van der Waals surface area contributed by atoms with E-state index >= 15 is 0 Å². The van der Waals surface area contributed by atoms with Crippen molar-refractivity contribution >= 4 is 40.9 Å². The van der Waals surface area contributed by atoms with Crippen LogP contribution in [0.1, 0.15) is 26.3 Å². The fourth-order valence-electron chi connectivity index (χ4n) is 2.82. The van der Waals surface area contributed by atoms with Crippen LogP contribution in [0.5, 0.6) is 5.75 Å². The minimum Gasteiger partial charge on any atom is -0.497 e. The Morgan fingerprint density at radius 2 is 1.67 bits per heavy atom. The van der Waals surface area contributed by atoms with Gasteiger partial charge in [0.2, 0.25) is 5.91 Å². The summed E-state index contributed by atoms with van der Waals surface area (Å²) in [7, 11) is 3.17. The molecule has 0 spiro atoms.